The standard InChI is InChI=1S/C18H18ClNO4/c1-3-17(21)12-4-6-13(7-5-12)24-11-18(22)20-16-10-14(23-2)8-9-15(16)19/h4-10H,3,11H2,1-2H3,(H,20,22). The largest absolute Gasteiger partial charge is 0.497 e. The molecular formula is C18H18ClNO4. The molecule has 1 N–H and O–H groups in total. The number of amides is 1. The number of ether oxygens (including phenoxy) is 2. The van der Waals surface area contributed by atoms with Gasteiger partial charge in [0, 0.05) is 18.1 Å². The first kappa shape index (κ1) is 17.8. The molecule has 0 aliphatic rings. The third kappa shape index (κ3) is 4.73. The highest BCUT2D eigenvalue weighted by molar-refractivity contribution is 6.33. The molecule has 0 aliphatic heterocycles. The Hall–Kier alpha value is -2.53. The predicted octanol–water partition coefficient (Wildman–Crippen LogP) is 3.96. The first-order valence-electron chi connectivity index (χ1n) is 7.43. The predicted molar refractivity (Wildman–Crippen MR) is 93.2 cm³/mol. The van der Waals surface area contributed by atoms with Crippen molar-refractivity contribution in [2.24, 2.45) is 0 Å². The van der Waals surface area contributed by atoms with Crippen LogP contribution in [0.1, 0.15) is 23.7 Å². The van der Waals surface area contributed by atoms with Gasteiger partial charge in [0.15, 0.2) is 12.4 Å². The van der Waals surface area contributed by atoms with Gasteiger partial charge >= 0.3 is 0 Å². The zero-order valence-electron chi connectivity index (χ0n) is 13.5. The van der Waals surface area contributed by atoms with E-state index in [2.05, 4.69) is 5.32 Å². The fourth-order valence-corrected chi connectivity index (χ4v) is 2.17. The summed E-state index contributed by atoms with van der Waals surface area (Å²) in [5, 5.41) is 3.07. The average molecular weight is 348 g/mol. The molecule has 0 aliphatic carbocycles. The lowest BCUT2D eigenvalue weighted by atomic mass is 10.1. The average Bonchev–Trinajstić information content (AvgIpc) is 2.61. The quantitative estimate of drug-likeness (QED) is 0.770. The number of nitrogens with one attached hydrogen (secondary N) is 1. The minimum Gasteiger partial charge on any atom is -0.497 e. The molecule has 1 amide bonds. The van der Waals surface area contributed by atoms with Crippen molar-refractivity contribution >= 4 is 29.0 Å². The van der Waals surface area contributed by atoms with Gasteiger partial charge in [-0.3, -0.25) is 9.59 Å². The normalized spacial score (nSPS) is 10.1. The van der Waals surface area contributed by atoms with Crippen LogP contribution < -0.4 is 14.8 Å². The Morgan fingerprint density at radius 1 is 1.08 bits per heavy atom. The van der Waals surface area contributed by atoms with Crippen LogP contribution in [-0.4, -0.2) is 25.4 Å². The van der Waals surface area contributed by atoms with Crippen molar-refractivity contribution in [3.05, 3.63) is 53.1 Å². The van der Waals surface area contributed by atoms with Crippen LogP contribution in [0.3, 0.4) is 0 Å². The van der Waals surface area contributed by atoms with Gasteiger partial charge in [-0.2, -0.15) is 0 Å². The number of hydrogen-bond acceptors (Lipinski definition) is 4. The molecule has 0 aromatic heterocycles. The summed E-state index contributed by atoms with van der Waals surface area (Å²) in [5.41, 5.74) is 1.07. The summed E-state index contributed by atoms with van der Waals surface area (Å²) in [6.45, 7) is 1.63. The number of halogens is 1. The molecule has 0 saturated heterocycles. The van der Waals surface area contributed by atoms with Crippen molar-refractivity contribution in [2.75, 3.05) is 19.0 Å². The van der Waals surface area contributed by atoms with Gasteiger partial charge in [0.1, 0.15) is 11.5 Å². The molecule has 0 saturated carbocycles. The lowest BCUT2D eigenvalue weighted by Gasteiger charge is -2.10. The number of rotatable bonds is 7. The summed E-state index contributed by atoms with van der Waals surface area (Å²) in [5.74, 6) is 0.812. The van der Waals surface area contributed by atoms with Crippen LogP contribution in [0.2, 0.25) is 5.02 Å². The zero-order chi connectivity index (χ0) is 17.5. The van der Waals surface area contributed by atoms with Crippen LogP contribution in [-0.2, 0) is 4.79 Å². The van der Waals surface area contributed by atoms with E-state index in [-0.39, 0.29) is 18.3 Å². The Balaban J connectivity index is 1.92. The van der Waals surface area contributed by atoms with E-state index in [0.29, 0.717) is 34.2 Å². The molecule has 0 heterocycles. The van der Waals surface area contributed by atoms with Crippen molar-refractivity contribution in [2.45, 2.75) is 13.3 Å². The number of hydrogen-bond donors (Lipinski definition) is 1. The maximum atomic E-state index is 12.0. The van der Waals surface area contributed by atoms with Gasteiger partial charge in [0.2, 0.25) is 0 Å². The molecule has 2 rings (SSSR count). The Kier molecular flexibility index (Phi) is 6.21. The van der Waals surface area contributed by atoms with Gasteiger partial charge in [-0.15, -0.1) is 0 Å². The SMILES string of the molecule is CCC(=O)c1ccc(OCC(=O)Nc2cc(OC)ccc2Cl)cc1. The summed E-state index contributed by atoms with van der Waals surface area (Å²) >= 11 is 6.03. The molecular weight excluding hydrogens is 330 g/mol. The first-order chi connectivity index (χ1) is 11.5. The fraction of sp³-hybridized carbons (Fsp3) is 0.222. The summed E-state index contributed by atoms with van der Waals surface area (Å²) in [7, 11) is 1.53. The van der Waals surface area contributed by atoms with Crippen LogP contribution in [0.25, 0.3) is 0 Å². The topological polar surface area (TPSA) is 64.6 Å². The van der Waals surface area contributed by atoms with Gasteiger partial charge in [0.25, 0.3) is 5.91 Å². The Labute approximate surface area is 145 Å². The highest BCUT2D eigenvalue weighted by Gasteiger charge is 2.09. The molecule has 0 bridgehead atoms. The minimum atomic E-state index is -0.348. The fourth-order valence-electron chi connectivity index (χ4n) is 2.00. The molecule has 2 aromatic rings. The number of anilines is 1. The van der Waals surface area contributed by atoms with Crippen LogP contribution in [0.4, 0.5) is 5.69 Å². The third-order valence-corrected chi connectivity index (χ3v) is 3.64. The smallest absolute Gasteiger partial charge is 0.262 e. The van der Waals surface area contributed by atoms with Crippen molar-refractivity contribution in [1.29, 1.82) is 0 Å². The number of benzene rings is 2. The second-order valence-corrected chi connectivity index (χ2v) is 5.39. The van der Waals surface area contributed by atoms with Crippen LogP contribution in [0, 0.1) is 0 Å². The van der Waals surface area contributed by atoms with E-state index in [0.717, 1.165) is 0 Å². The monoisotopic (exact) mass is 347 g/mol. The summed E-state index contributed by atoms with van der Waals surface area (Å²) < 4.78 is 10.5. The number of ketones is 1. The van der Waals surface area contributed by atoms with Gasteiger partial charge in [-0.05, 0) is 36.4 Å². The Morgan fingerprint density at radius 3 is 2.38 bits per heavy atom. The number of carbonyl (C=O) groups excluding carboxylic acids is 2. The molecule has 24 heavy (non-hydrogen) atoms. The molecule has 0 atom stereocenters. The number of carbonyl (C=O) groups is 2. The molecule has 5 nitrogen and oxygen atoms in total. The summed E-state index contributed by atoms with van der Waals surface area (Å²) in [6, 6.07) is 11.7. The van der Waals surface area contributed by atoms with E-state index in [1.807, 2.05) is 0 Å². The number of Topliss-reactive ketones (excluding diaryl/α,β-unsaturated/α-hetero) is 1. The molecule has 0 radical (unpaired) electrons. The van der Waals surface area contributed by atoms with Crippen molar-refractivity contribution < 1.29 is 19.1 Å². The van der Waals surface area contributed by atoms with Crippen molar-refractivity contribution in [3.8, 4) is 11.5 Å². The van der Waals surface area contributed by atoms with Gasteiger partial charge in [-0.1, -0.05) is 18.5 Å². The van der Waals surface area contributed by atoms with Crippen LogP contribution in [0.5, 0.6) is 11.5 Å². The Bertz CT molecular complexity index is 728. The second-order valence-electron chi connectivity index (χ2n) is 4.98. The lowest BCUT2D eigenvalue weighted by Crippen LogP contribution is -2.20. The molecule has 6 heteroatoms. The van der Waals surface area contributed by atoms with E-state index in [1.165, 1.54) is 7.11 Å². The first-order valence-corrected chi connectivity index (χ1v) is 7.80. The van der Waals surface area contributed by atoms with E-state index in [4.69, 9.17) is 21.1 Å². The highest BCUT2D eigenvalue weighted by atomic mass is 35.5. The second kappa shape index (κ2) is 8.36. The molecule has 0 spiro atoms. The molecule has 126 valence electrons. The van der Waals surface area contributed by atoms with Crippen LogP contribution in [0.15, 0.2) is 42.5 Å². The van der Waals surface area contributed by atoms with Gasteiger partial charge < -0.3 is 14.8 Å². The summed E-state index contributed by atoms with van der Waals surface area (Å²) in [6.07, 6.45) is 0.448. The number of methoxy groups -OCH3 is 1. The van der Waals surface area contributed by atoms with Crippen molar-refractivity contribution in [3.63, 3.8) is 0 Å². The van der Waals surface area contributed by atoms with Crippen molar-refractivity contribution in [1.82, 2.24) is 0 Å². The molecule has 0 fully saturated rings. The maximum Gasteiger partial charge on any atom is 0.262 e. The van der Waals surface area contributed by atoms with E-state index in [1.54, 1.807) is 49.4 Å². The molecule has 0 unspecified atom stereocenters. The van der Waals surface area contributed by atoms with Gasteiger partial charge in [-0.25, -0.2) is 0 Å². The summed E-state index contributed by atoms with van der Waals surface area (Å²) in [4.78, 5) is 23.5. The van der Waals surface area contributed by atoms with Gasteiger partial charge in [0.05, 0.1) is 17.8 Å². The zero-order valence-corrected chi connectivity index (χ0v) is 14.2. The van der Waals surface area contributed by atoms with E-state index in [9.17, 15) is 9.59 Å². The maximum absolute atomic E-state index is 12.0. The third-order valence-electron chi connectivity index (χ3n) is 3.31. The highest BCUT2D eigenvalue weighted by Crippen LogP contribution is 2.26. The van der Waals surface area contributed by atoms with E-state index < -0.39 is 0 Å². The minimum absolute atomic E-state index is 0.0620. The lowest BCUT2D eigenvalue weighted by molar-refractivity contribution is -0.118. The van der Waals surface area contributed by atoms with E-state index >= 15 is 0 Å². The molecule has 2 aromatic carbocycles. The van der Waals surface area contributed by atoms with Crippen LogP contribution >= 0.6 is 11.6 Å². The Morgan fingerprint density at radius 2 is 1.75 bits per heavy atom.